The molecule has 0 bridgehead atoms. The Balaban J connectivity index is 1.18. The minimum absolute atomic E-state index is 0.0213. The van der Waals surface area contributed by atoms with Crippen molar-refractivity contribution in [2.75, 3.05) is 24.5 Å². The van der Waals surface area contributed by atoms with Crippen molar-refractivity contribution in [3.8, 4) is 11.3 Å². The van der Waals surface area contributed by atoms with Crippen LogP contribution in [0, 0.1) is 18.8 Å². The minimum atomic E-state index is 0.0213. The number of nitrogens with zero attached hydrogens (tertiary/aromatic N) is 7. The zero-order valence-corrected chi connectivity index (χ0v) is 20.9. The molecular formula is C24H24ClN9S. The van der Waals surface area contributed by atoms with Crippen molar-refractivity contribution >= 4 is 50.8 Å². The molecule has 3 N–H and O–H groups in total. The summed E-state index contributed by atoms with van der Waals surface area (Å²) in [6, 6.07) is 3.93. The van der Waals surface area contributed by atoms with Gasteiger partial charge in [-0.05, 0) is 37.8 Å². The van der Waals surface area contributed by atoms with Crippen LogP contribution in [0.5, 0.6) is 0 Å². The highest BCUT2D eigenvalue weighted by atomic mass is 35.5. The molecule has 9 nitrogen and oxygen atoms in total. The molecule has 5 aromatic rings. The van der Waals surface area contributed by atoms with Gasteiger partial charge in [-0.3, -0.25) is 9.78 Å². The molecule has 0 amide bonds. The zero-order valence-electron chi connectivity index (χ0n) is 19.4. The molecule has 1 aromatic carbocycles. The molecule has 1 saturated carbocycles. The van der Waals surface area contributed by atoms with Gasteiger partial charge in [0.15, 0.2) is 0 Å². The average Bonchev–Trinajstić information content (AvgIpc) is 3.49. The number of aryl methyl sites for hydroxylation is 2. The maximum absolute atomic E-state index is 6.78. The molecule has 7 rings (SSSR count). The van der Waals surface area contributed by atoms with E-state index in [1.165, 1.54) is 5.01 Å². The molecule has 1 unspecified atom stereocenters. The molecular weight excluding hydrogens is 482 g/mol. The SMILES string of the molecule is CCn1cc2c(Cl)c(-c3[nH]nc4nc(N5C[C@@H]6[C@H](C5)C6(CN)c5nc(C)cs5)cnc34)ccc2n1. The van der Waals surface area contributed by atoms with Gasteiger partial charge in [0, 0.05) is 59.8 Å². The first-order chi connectivity index (χ1) is 17.0. The summed E-state index contributed by atoms with van der Waals surface area (Å²) in [6.07, 6.45) is 3.81. The molecule has 178 valence electrons. The van der Waals surface area contributed by atoms with E-state index in [2.05, 4.69) is 32.5 Å². The lowest BCUT2D eigenvalue weighted by molar-refractivity contribution is 0.549. The van der Waals surface area contributed by atoms with Crippen LogP contribution < -0.4 is 10.6 Å². The third-order valence-corrected chi connectivity index (χ3v) is 9.29. The standard InChI is InChI=1S/C24H24ClN9S/c1-3-34-7-14-17(32-34)5-4-13(19(14)25)20-21-22(31-30-20)29-18(6-27-21)33-8-15-16(9-33)24(15,11-26)23-28-12(2)10-35-23/h4-7,10,15-16H,3,8-9,11,26H2,1-2H3,(H,29,30,31)/t15-,16+,24?. The number of piperidine rings is 1. The lowest BCUT2D eigenvalue weighted by atomic mass is 10.0. The molecule has 0 spiro atoms. The highest BCUT2D eigenvalue weighted by Crippen LogP contribution is 2.63. The number of aromatic amines is 1. The summed E-state index contributed by atoms with van der Waals surface area (Å²) in [5, 5.41) is 17.0. The second-order valence-electron chi connectivity index (χ2n) is 9.50. The number of nitrogens with one attached hydrogen (secondary N) is 1. The van der Waals surface area contributed by atoms with E-state index in [1.54, 1.807) is 11.3 Å². The summed E-state index contributed by atoms with van der Waals surface area (Å²) < 4.78 is 1.88. The number of thiazole rings is 1. The molecule has 0 radical (unpaired) electrons. The van der Waals surface area contributed by atoms with Crippen molar-refractivity contribution in [2.45, 2.75) is 25.8 Å². The number of H-pyrrole nitrogens is 1. The van der Waals surface area contributed by atoms with Gasteiger partial charge in [-0.15, -0.1) is 11.3 Å². The Labute approximate surface area is 210 Å². The van der Waals surface area contributed by atoms with Crippen LogP contribution in [0.1, 0.15) is 17.6 Å². The number of fused-ring (bicyclic) bond motifs is 3. The van der Waals surface area contributed by atoms with E-state index in [0.717, 1.165) is 53.3 Å². The third kappa shape index (κ3) is 2.93. The summed E-state index contributed by atoms with van der Waals surface area (Å²) in [5.41, 5.74) is 11.1. The Kier molecular flexibility index (Phi) is 4.52. The van der Waals surface area contributed by atoms with Gasteiger partial charge >= 0.3 is 0 Å². The Morgan fingerprint density at radius 2 is 2.09 bits per heavy atom. The molecule has 3 atom stereocenters. The van der Waals surface area contributed by atoms with Gasteiger partial charge in [0.2, 0.25) is 5.65 Å². The lowest BCUT2D eigenvalue weighted by Gasteiger charge is -2.25. The Bertz CT molecular complexity index is 1590. The molecule has 1 aliphatic carbocycles. The van der Waals surface area contributed by atoms with Crippen molar-refractivity contribution < 1.29 is 0 Å². The normalized spacial score (nSPS) is 23.5. The van der Waals surface area contributed by atoms with Gasteiger partial charge in [0.25, 0.3) is 0 Å². The Morgan fingerprint density at radius 1 is 1.26 bits per heavy atom. The Morgan fingerprint density at radius 3 is 2.80 bits per heavy atom. The van der Waals surface area contributed by atoms with Gasteiger partial charge in [-0.2, -0.15) is 10.2 Å². The van der Waals surface area contributed by atoms with Crippen LogP contribution in [-0.4, -0.2) is 54.6 Å². The zero-order chi connectivity index (χ0) is 23.9. The van der Waals surface area contributed by atoms with E-state index in [0.29, 0.717) is 34.6 Å². The van der Waals surface area contributed by atoms with Gasteiger partial charge in [0.05, 0.1) is 22.4 Å². The fraction of sp³-hybridized carbons (Fsp3) is 0.375. The predicted molar refractivity (Wildman–Crippen MR) is 138 cm³/mol. The summed E-state index contributed by atoms with van der Waals surface area (Å²) in [5.74, 6) is 1.84. The number of aromatic nitrogens is 7. The van der Waals surface area contributed by atoms with Crippen LogP contribution in [0.2, 0.25) is 5.02 Å². The molecule has 35 heavy (non-hydrogen) atoms. The average molecular weight is 506 g/mol. The number of hydrogen-bond acceptors (Lipinski definition) is 8. The summed E-state index contributed by atoms with van der Waals surface area (Å²) in [4.78, 5) is 16.6. The van der Waals surface area contributed by atoms with Gasteiger partial charge < -0.3 is 10.6 Å². The maximum atomic E-state index is 6.78. The number of halogens is 1. The van der Waals surface area contributed by atoms with E-state index in [4.69, 9.17) is 32.3 Å². The fourth-order valence-corrected chi connectivity index (χ4v) is 7.23. The van der Waals surface area contributed by atoms with Crippen LogP contribution in [0.4, 0.5) is 5.82 Å². The summed E-state index contributed by atoms with van der Waals surface area (Å²) in [7, 11) is 0. The number of benzene rings is 1. The van der Waals surface area contributed by atoms with Crippen molar-refractivity contribution in [3.05, 3.63) is 45.6 Å². The molecule has 5 heterocycles. The second kappa shape index (κ2) is 7.46. The molecule has 2 fully saturated rings. The molecule has 4 aromatic heterocycles. The van der Waals surface area contributed by atoms with Gasteiger partial charge in [0.1, 0.15) is 16.3 Å². The van der Waals surface area contributed by atoms with E-state index in [-0.39, 0.29) is 5.41 Å². The quantitative estimate of drug-likeness (QED) is 0.373. The van der Waals surface area contributed by atoms with Crippen molar-refractivity contribution in [1.29, 1.82) is 0 Å². The highest BCUT2D eigenvalue weighted by molar-refractivity contribution is 7.09. The number of anilines is 1. The molecule has 11 heteroatoms. The largest absolute Gasteiger partial charge is 0.355 e. The van der Waals surface area contributed by atoms with Crippen molar-refractivity contribution in [3.63, 3.8) is 0 Å². The summed E-state index contributed by atoms with van der Waals surface area (Å²) >= 11 is 8.52. The molecule has 2 aliphatic rings. The molecule has 1 saturated heterocycles. The first-order valence-electron chi connectivity index (χ1n) is 11.8. The van der Waals surface area contributed by atoms with E-state index < -0.39 is 0 Å². The number of rotatable bonds is 5. The molecule has 1 aliphatic heterocycles. The second-order valence-corrected chi connectivity index (χ2v) is 10.7. The highest BCUT2D eigenvalue weighted by Gasteiger charge is 2.69. The third-order valence-electron chi connectivity index (χ3n) is 7.73. The first-order valence-corrected chi connectivity index (χ1v) is 13.0. The van der Waals surface area contributed by atoms with Crippen molar-refractivity contribution in [2.24, 2.45) is 17.6 Å². The minimum Gasteiger partial charge on any atom is -0.355 e. The van der Waals surface area contributed by atoms with E-state index in [9.17, 15) is 0 Å². The Hall–Kier alpha value is -3.08. The van der Waals surface area contributed by atoms with E-state index >= 15 is 0 Å². The van der Waals surface area contributed by atoms with Crippen LogP contribution in [0.3, 0.4) is 0 Å². The van der Waals surface area contributed by atoms with E-state index in [1.807, 2.05) is 36.1 Å². The number of hydrogen-bond donors (Lipinski definition) is 2. The fourth-order valence-electron chi connectivity index (χ4n) is 5.79. The van der Waals surface area contributed by atoms with Crippen LogP contribution in [-0.2, 0) is 12.0 Å². The van der Waals surface area contributed by atoms with Crippen LogP contribution >= 0.6 is 22.9 Å². The number of nitrogens with two attached hydrogens (primary N) is 1. The van der Waals surface area contributed by atoms with Gasteiger partial charge in [-0.25, -0.2) is 15.0 Å². The monoisotopic (exact) mass is 505 g/mol. The van der Waals surface area contributed by atoms with Crippen molar-refractivity contribution in [1.82, 2.24) is 34.9 Å². The van der Waals surface area contributed by atoms with Crippen LogP contribution in [0.15, 0.2) is 29.9 Å². The topological polar surface area (TPSA) is 114 Å². The smallest absolute Gasteiger partial charge is 0.202 e. The van der Waals surface area contributed by atoms with Crippen LogP contribution in [0.25, 0.3) is 33.3 Å². The van der Waals surface area contributed by atoms with Gasteiger partial charge in [-0.1, -0.05) is 11.6 Å². The predicted octanol–water partition coefficient (Wildman–Crippen LogP) is 3.77. The summed E-state index contributed by atoms with van der Waals surface area (Å²) in [6.45, 7) is 7.33. The maximum Gasteiger partial charge on any atom is 0.202 e. The lowest BCUT2D eigenvalue weighted by Crippen LogP contribution is -2.35. The first kappa shape index (κ1) is 21.2.